The summed E-state index contributed by atoms with van der Waals surface area (Å²) in [7, 11) is -0.234. The van der Waals surface area contributed by atoms with E-state index in [-0.39, 0.29) is 22.6 Å². The summed E-state index contributed by atoms with van der Waals surface area (Å²) < 4.78 is 34.7. The number of ether oxygens (including phenoxy) is 1. The predicted octanol–water partition coefficient (Wildman–Crippen LogP) is 5.04. The first-order valence-corrected chi connectivity index (χ1v) is 14.0. The van der Waals surface area contributed by atoms with Gasteiger partial charge in [0.25, 0.3) is 10.0 Å². The summed E-state index contributed by atoms with van der Waals surface area (Å²) in [6.45, 7) is 4.64. The Bertz CT molecular complexity index is 1540. The Morgan fingerprint density at radius 3 is 2.36 bits per heavy atom. The molecule has 1 atom stereocenters. The van der Waals surface area contributed by atoms with Gasteiger partial charge in [0.1, 0.15) is 5.75 Å². The van der Waals surface area contributed by atoms with Crippen LogP contribution in [0.15, 0.2) is 83.8 Å². The number of anilines is 2. The number of benzene rings is 3. The molecule has 0 radical (unpaired) electrons. The number of hydrogen-bond acceptors (Lipinski definition) is 8. The van der Waals surface area contributed by atoms with Gasteiger partial charge in [0.05, 0.1) is 16.7 Å². The molecule has 0 aliphatic heterocycles. The third kappa shape index (κ3) is 7.11. The molecule has 0 fully saturated rings. The molecule has 3 aromatic carbocycles. The Morgan fingerprint density at radius 1 is 0.974 bits per heavy atom. The summed E-state index contributed by atoms with van der Waals surface area (Å²) in [6, 6.07) is 22.5. The van der Waals surface area contributed by atoms with Gasteiger partial charge in [-0.15, -0.1) is 0 Å². The molecule has 4 aromatic rings. The second-order valence-electron chi connectivity index (χ2n) is 9.78. The van der Waals surface area contributed by atoms with Crippen LogP contribution in [0.3, 0.4) is 0 Å². The first kappa shape index (κ1) is 28.0. The maximum absolute atomic E-state index is 13.1. The van der Waals surface area contributed by atoms with Gasteiger partial charge in [0, 0.05) is 23.9 Å². The van der Waals surface area contributed by atoms with E-state index in [0.29, 0.717) is 23.7 Å². The van der Waals surface area contributed by atoms with Gasteiger partial charge in [-0.25, -0.2) is 18.1 Å². The van der Waals surface area contributed by atoms with Crippen LogP contribution < -0.4 is 15.2 Å². The highest BCUT2D eigenvalue weighted by atomic mass is 32.2. The van der Waals surface area contributed by atoms with E-state index in [2.05, 4.69) is 28.5 Å². The number of hydrogen-bond donors (Lipinski definition) is 3. The normalized spacial score (nSPS) is 12.5. The molecule has 0 amide bonds. The number of nitrogens with zero attached hydrogens (tertiary/aromatic N) is 3. The van der Waals surface area contributed by atoms with E-state index in [9.17, 15) is 13.5 Å². The summed E-state index contributed by atoms with van der Waals surface area (Å²) in [5, 5.41) is 10.4. The Kier molecular flexibility index (Phi) is 8.49. The first-order chi connectivity index (χ1) is 18.5. The topological polar surface area (TPSA) is 131 Å². The molecule has 10 heteroatoms. The molecule has 1 unspecified atom stereocenters. The van der Waals surface area contributed by atoms with Crippen molar-refractivity contribution >= 4 is 21.7 Å². The number of nitrogen functional groups attached to an aromatic ring is 1. The van der Waals surface area contributed by atoms with Crippen molar-refractivity contribution < 1.29 is 18.3 Å². The number of likely N-dealkylation sites (N-methyl/N-ethyl adjacent to an activating group) is 1. The molecule has 0 aliphatic carbocycles. The Balaban J connectivity index is 1.72. The van der Waals surface area contributed by atoms with Crippen LogP contribution in [0.25, 0.3) is 11.3 Å². The highest BCUT2D eigenvalue weighted by Crippen LogP contribution is 2.32. The van der Waals surface area contributed by atoms with Crippen LogP contribution in [-0.2, 0) is 10.0 Å². The molecule has 1 aromatic heterocycles. The lowest BCUT2D eigenvalue weighted by atomic mass is 9.95. The van der Waals surface area contributed by atoms with Gasteiger partial charge in [0.15, 0.2) is 0 Å². The number of aliphatic hydroxyl groups is 1. The van der Waals surface area contributed by atoms with Gasteiger partial charge in [-0.2, -0.15) is 4.98 Å². The zero-order valence-electron chi connectivity index (χ0n) is 22.4. The lowest BCUT2D eigenvalue weighted by Crippen LogP contribution is -2.19. The van der Waals surface area contributed by atoms with Gasteiger partial charge in [0.2, 0.25) is 11.8 Å². The highest BCUT2D eigenvalue weighted by Gasteiger charge is 2.19. The average Bonchev–Trinajstić information content (AvgIpc) is 2.88. The number of rotatable bonds is 10. The van der Waals surface area contributed by atoms with Gasteiger partial charge in [-0.05, 0) is 61.5 Å². The molecule has 4 rings (SSSR count). The molecular weight excluding hydrogens is 514 g/mol. The molecule has 0 aliphatic rings. The minimum atomic E-state index is -4.02. The Hall–Kier alpha value is -3.99. The fourth-order valence-electron chi connectivity index (χ4n) is 4.09. The predicted molar refractivity (Wildman–Crippen MR) is 153 cm³/mol. The molecule has 0 saturated heterocycles. The van der Waals surface area contributed by atoms with Gasteiger partial charge >= 0.3 is 0 Å². The van der Waals surface area contributed by atoms with Crippen molar-refractivity contribution in [2.75, 3.05) is 31.1 Å². The van der Waals surface area contributed by atoms with Crippen LogP contribution in [0.5, 0.6) is 11.6 Å². The van der Waals surface area contributed by atoms with Crippen LogP contribution in [0.1, 0.15) is 37.0 Å². The molecule has 39 heavy (non-hydrogen) atoms. The average molecular weight is 548 g/mol. The molecular formula is C29H33N5O4S. The van der Waals surface area contributed by atoms with Crippen molar-refractivity contribution in [3.05, 3.63) is 90.0 Å². The van der Waals surface area contributed by atoms with Crippen LogP contribution in [0.4, 0.5) is 11.6 Å². The lowest BCUT2D eigenvalue weighted by molar-refractivity contribution is 0.138. The summed E-state index contributed by atoms with van der Waals surface area (Å²) >= 11 is 0. The first-order valence-electron chi connectivity index (χ1n) is 12.5. The van der Waals surface area contributed by atoms with Crippen LogP contribution in [-0.4, -0.2) is 49.0 Å². The zero-order chi connectivity index (χ0) is 28.2. The summed E-state index contributed by atoms with van der Waals surface area (Å²) in [6.07, 6.45) is -0.639. The quantitative estimate of drug-likeness (QED) is 0.236. The molecule has 9 nitrogen and oxygen atoms in total. The second-order valence-corrected chi connectivity index (χ2v) is 11.5. The van der Waals surface area contributed by atoms with Crippen molar-refractivity contribution in [1.82, 2.24) is 14.9 Å². The molecule has 204 valence electrons. The maximum Gasteiger partial charge on any atom is 0.264 e. The summed E-state index contributed by atoms with van der Waals surface area (Å²) in [4.78, 5) is 10.8. The van der Waals surface area contributed by atoms with E-state index >= 15 is 0 Å². The summed E-state index contributed by atoms with van der Waals surface area (Å²) in [5.74, 6) is 0.697. The van der Waals surface area contributed by atoms with Crippen LogP contribution in [0, 0.1) is 0 Å². The fourth-order valence-corrected chi connectivity index (χ4v) is 5.08. The van der Waals surface area contributed by atoms with Crippen molar-refractivity contribution in [2.24, 2.45) is 0 Å². The van der Waals surface area contributed by atoms with Crippen molar-refractivity contribution in [3.8, 4) is 22.9 Å². The minimum absolute atomic E-state index is 0.00609. The number of aromatic nitrogens is 2. The van der Waals surface area contributed by atoms with Crippen molar-refractivity contribution in [1.29, 1.82) is 0 Å². The molecule has 0 bridgehead atoms. The van der Waals surface area contributed by atoms with E-state index in [0.717, 1.165) is 16.7 Å². The lowest BCUT2D eigenvalue weighted by Gasteiger charge is -2.17. The van der Waals surface area contributed by atoms with E-state index in [4.69, 9.17) is 10.5 Å². The standard InChI is InChI=1S/C29H33N5O4S/c1-19(2)24-10-5-6-11-25(24)26-17-28(38-22-14-12-20(13-15-22)27(35)18-34(3)4)32-29(31-26)33-39(36,37)23-9-7-8-21(30)16-23/h5-17,19,27,35H,18,30H2,1-4H3,(H,31,32,33). The van der Waals surface area contributed by atoms with E-state index < -0.39 is 16.1 Å². The number of aliphatic hydroxyl groups excluding tert-OH is 1. The van der Waals surface area contributed by atoms with Gasteiger partial charge in [-0.3, -0.25) is 0 Å². The second kappa shape index (κ2) is 11.8. The molecule has 0 saturated carbocycles. The number of nitrogens with two attached hydrogens (primary N) is 1. The number of sulfonamides is 1. The largest absolute Gasteiger partial charge is 0.439 e. The van der Waals surface area contributed by atoms with Crippen molar-refractivity contribution in [2.45, 2.75) is 30.8 Å². The third-order valence-corrected chi connectivity index (χ3v) is 7.31. The minimum Gasteiger partial charge on any atom is -0.439 e. The van der Waals surface area contributed by atoms with Crippen molar-refractivity contribution in [3.63, 3.8) is 0 Å². The highest BCUT2D eigenvalue weighted by molar-refractivity contribution is 7.92. The van der Waals surface area contributed by atoms with Gasteiger partial charge < -0.3 is 20.5 Å². The smallest absolute Gasteiger partial charge is 0.264 e. The van der Waals surface area contributed by atoms with Crippen LogP contribution >= 0.6 is 0 Å². The Morgan fingerprint density at radius 2 is 1.69 bits per heavy atom. The summed E-state index contributed by atoms with van der Waals surface area (Å²) in [5.41, 5.74) is 9.26. The third-order valence-electron chi connectivity index (χ3n) is 5.98. The van der Waals surface area contributed by atoms with E-state index in [1.54, 1.807) is 42.5 Å². The van der Waals surface area contributed by atoms with Crippen LogP contribution in [0.2, 0.25) is 0 Å². The SMILES string of the molecule is CC(C)c1ccccc1-c1cc(Oc2ccc(C(O)CN(C)C)cc2)nc(NS(=O)(=O)c2cccc(N)c2)n1. The molecule has 4 N–H and O–H groups in total. The fraction of sp³-hybridized carbons (Fsp3) is 0.241. The van der Waals surface area contributed by atoms with E-state index in [1.165, 1.54) is 12.1 Å². The number of nitrogens with one attached hydrogen (secondary N) is 1. The zero-order valence-corrected chi connectivity index (χ0v) is 23.2. The monoisotopic (exact) mass is 547 g/mol. The molecule has 1 heterocycles. The Labute approximate surface area is 229 Å². The molecule has 0 spiro atoms. The maximum atomic E-state index is 13.1. The van der Waals surface area contributed by atoms with E-state index in [1.807, 2.05) is 43.3 Å². The van der Waals surface area contributed by atoms with Gasteiger partial charge in [-0.1, -0.05) is 56.3 Å².